The third-order valence-corrected chi connectivity index (χ3v) is 9.97. The molecule has 3 nitrogen and oxygen atoms in total. The summed E-state index contributed by atoms with van der Waals surface area (Å²) in [5.74, 6) is 2.59. The predicted octanol–water partition coefficient (Wildman–Crippen LogP) is 5.83. The van der Waals surface area contributed by atoms with Crippen LogP contribution in [-0.2, 0) is 4.79 Å². The molecule has 7 atom stereocenters. The fourth-order valence-corrected chi connectivity index (χ4v) is 8.23. The molecule has 0 radical (unpaired) electrons. The van der Waals surface area contributed by atoms with Crippen molar-refractivity contribution in [2.75, 3.05) is 0 Å². The van der Waals surface area contributed by atoms with Crippen molar-refractivity contribution >= 4 is 5.78 Å². The van der Waals surface area contributed by atoms with E-state index < -0.39 is 5.60 Å². The zero-order valence-electron chi connectivity index (χ0n) is 20.0. The third-order valence-electron chi connectivity index (χ3n) is 9.97. The molecule has 0 heterocycles. The maximum atomic E-state index is 13.4. The van der Waals surface area contributed by atoms with Crippen LogP contribution in [0.25, 0.3) is 0 Å². The second-order valence-corrected chi connectivity index (χ2v) is 12.5. The van der Waals surface area contributed by atoms with Crippen molar-refractivity contribution in [2.45, 2.75) is 117 Å². The summed E-state index contributed by atoms with van der Waals surface area (Å²) >= 11 is 0. The lowest BCUT2D eigenvalue weighted by molar-refractivity contribution is -0.115. The Hall–Kier alpha value is -0.670. The van der Waals surface area contributed by atoms with Gasteiger partial charge in [-0.1, -0.05) is 39.2 Å². The van der Waals surface area contributed by atoms with Crippen LogP contribution in [0.5, 0.6) is 0 Å². The summed E-state index contributed by atoms with van der Waals surface area (Å²) in [5.41, 5.74) is 2.49. The van der Waals surface area contributed by atoms with Gasteiger partial charge in [-0.05, 0) is 99.7 Å². The SMILES string of the molecule is C[C@H](CCCC(C)(C)O)[C@H]1CC(=O)C2=C3CCC4CC(O)CC[C@]4(C)[C@H]3CC[C@@]21C. The summed E-state index contributed by atoms with van der Waals surface area (Å²) in [6.45, 7) is 11.0. The Bertz CT molecular complexity index is 716. The number of Topliss-reactive ketones (excluding diaryl/α,β-unsaturated/α-hetero) is 1. The van der Waals surface area contributed by atoms with Crippen LogP contribution in [0.4, 0.5) is 0 Å². The van der Waals surface area contributed by atoms with Crippen LogP contribution in [0.3, 0.4) is 0 Å². The van der Waals surface area contributed by atoms with E-state index in [1.54, 1.807) is 0 Å². The molecule has 4 rings (SSSR count). The molecule has 4 aliphatic carbocycles. The molecule has 0 amide bonds. The predicted molar refractivity (Wildman–Crippen MR) is 121 cm³/mol. The van der Waals surface area contributed by atoms with E-state index in [-0.39, 0.29) is 16.9 Å². The number of aliphatic hydroxyl groups excluding tert-OH is 1. The quantitative estimate of drug-likeness (QED) is 0.593. The van der Waals surface area contributed by atoms with Gasteiger partial charge >= 0.3 is 0 Å². The van der Waals surface area contributed by atoms with E-state index >= 15 is 0 Å². The molecule has 2 N–H and O–H groups in total. The standard InChI is InChI=1S/C27H44O3/c1-17(7-6-12-25(2,3)30)22-16-23(29)24-20-9-8-18-15-19(28)10-13-26(18,4)21(20)11-14-27(22,24)5/h17-19,21-22,28,30H,6-16H2,1-5H3/t17-,18?,19?,21+,22-,26+,27-/m1/s1. The minimum atomic E-state index is -0.595. The minimum Gasteiger partial charge on any atom is -0.393 e. The molecule has 170 valence electrons. The first-order chi connectivity index (χ1) is 14.0. The Morgan fingerprint density at radius 2 is 1.90 bits per heavy atom. The molecule has 0 saturated heterocycles. The van der Waals surface area contributed by atoms with E-state index in [0.717, 1.165) is 64.2 Å². The Kier molecular flexibility index (Phi) is 5.80. The molecule has 4 aliphatic rings. The molecule has 0 aromatic carbocycles. The van der Waals surface area contributed by atoms with Gasteiger partial charge in [0, 0.05) is 12.0 Å². The van der Waals surface area contributed by atoms with Gasteiger partial charge in [-0.15, -0.1) is 0 Å². The van der Waals surface area contributed by atoms with Crippen LogP contribution >= 0.6 is 0 Å². The molecule has 3 fully saturated rings. The number of carbonyl (C=O) groups excluding carboxylic acids is 1. The lowest BCUT2D eigenvalue weighted by Crippen LogP contribution is -2.48. The monoisotopic (exact) mass is 416 g/mol. The Morgan fingerprint density at radius 1 is 1.17 bits per heavy atom. The van der Waals surface area contributed by atoms with Gasteiger partial charge in [0.2, 0.25) is 0 Å². The highest BCUT2D eigenvalue weighted by atomic mass is 16.3. The van der Waals surface area contributed by atoms with Crippen molar-refractivity contribution in [3.05, 3.63) is 11.1 Å². The van der Waals surface area contributed by atoms with Crippen LogP contribution in [0.1, 0.15) is 105 Å². The minimum absolute atomic E-state index is 0.0500. The first-order valence-corrected chi connectivity index (χ1v) is 12.6. The fourth-order valence-electron chi connectivity index (χ4n) is 8.23. The molecule has 0 aliphatic heterocycles. The average molecular weight is 417 g/mol. The number of carbonyl (C=O) groups is 1. The Balaban J connectivity index is 1.57. The molecule has 3 heteroatoms. The number of aliphatic hydroxyl groups is 2. The molecule has 0 bridgehead atoms. The van der Waals surface area contributed by atoms with Crippen LogP contribution in [0.15, 0.2) is 11.1 Å². The molecule has 30 heavy (non-hydrogen) atoms. The van der Waals surface area contributed by atoms with Gasteiger partial charge in [0.15, 0.2) is 5.78 Å². The van der Waals surface area contributed by atoms with Crippen LogP contribution < -0.4 is 0 Å². The maximum absolute atomic E-state index is 13.4. The molecule has 0 spiro atoms. The molecular weight excluding hydrogens is 372 g/mol. The van der Waals surface area contributed by atoms with Gasteiger partial charge in [0.1, 0.15) is 0 Å². The first-order valence-electron chi connectivity index (χ1n) is 12.6. The summed E-state index contributed by atoms with van der Waals surface area (Å²) in [7, 11) is 0. The normalized spacial score (nSPS) is 42.6. The summed E-state index contributed by atoms with van der Waals surface area (Å²) < 4.78 is 0. The fraction of sp³-hybridized carbons (Fsp3) is 0.889. The number of ketones is 1. The smallest absolute Gasteiger partial charge is 0.159 e. The van der Waals surface area contributed by atoms with E-state index in [1.807, 2.05) is 13.8 Å². The third kappa shape index (κ3) is 3.72. The van der Waals surface area contributed by atoms with Crippen molar-refractivity contribution in [1.29, 1.82) is 0 Å². The molecular formula is C27H44O3. The lowest BCUT2D eigenvalue weighted by Gasteiger charge is -2.56. The highest BCUT2D eigenvalue weighted by Crippen LogP contribution is 2.65. The number of fused-ring (bicyclic) bond motifs is 4. The zero-order chi connectivity index (χ0) is 21.9. The van der Waals surface area contributed by atoms with Crippen molar-refractivity contribution in [3.8, 4) is 0 Å². The number of hydrogen-bond acceptors (Lipinski definition) is 3. The van der Waals surface area contributed by atoms with Gasteiger partial charge in [-0.2, -0.15) is 0 Å². The maximum Gasteiger partial charge on any atom is 0.159 e. The number of allylic oxidation sites excluding steroid dienone is 2. The van der Waals surface area contributed by atoms with Gasteiger partial charge in [-0.3, -0.25) is 4.79 Å². The van der Waals surface area contributed by atoms with E-state index in [0.29, 0.717) is 29.5 Å². The van der Waals surface area contributed by atoms with E-state index in [1.165, 1.54) is 17.6 Å². The van der Waals surface area contributed by atoms with Crippen LogP contribution in [-0.4, -0.2) is 27.7 Å². The highest BCUT2D eigenvalue weighted by Gasteiger charge is 2.58. The van der Waals surface area contributed by atoms with Crippen LogP contribution in [0, 0.1) is 34.5 Å². The van der Waals surface area contributed by atoms with Gasteiger partial charge < -0.3 is 10.2 Å². The molecule has 0 aromatic rings. The zero-order valence-corrected chi connectivity index (χ0v) is 20.0. The van der Waals surface area contributed by atoms with Crippen molar-refractivity contribution in [2.24, 2.45) is 34.5 Å². The van der Waals surface area contributed by atoms with E-state index in [4.69, 9.17) is 0 Å². The first kappa shape index (κ1) is 22.5. The topological polar surface area (TPSA) is 57.5 Å². The summed E-state index contributed by atoms with van der Waals surface area (Å²) in [6.07, 6.45) is 11.2. The summed E-state index contributed by atoms with van der Waals surface area (Å²) in [5, 5.41) is 20.3. The number of hydrogen-bond donors (Lipinski definition) is 2. The lowest BCUT2D eigenvalue weighted by atomic mass is 9.48. The van der Waals surface area contributed by atoms with Crippen molar-refractivity contribution < 1.29 is 15.0 Å². The Morgan fingerprint density at radius 3 is 2.60 bits per heavy atom. The average Bonchev–Trinajstić information content (AvgIpc) is 2.92. The second-order valence-electron chi connectivity index (χ2n) is 12.5. The van der Waals surface area contributed by atoms with E-state index in [2.05, 4.69) is 20.8 Å². The molecule has 2 unspecified atom stereocenters. The second kappa shape index (κ2) is 7.73. The van der Waals surface area contributed by atoms with Gasteiger partial charge in [-0.25, -0.2) is 0 Å². The van der Waals surface area contributed by atoms with E-state index in [9.17, 15) is 15.0 Å². The highest BCUT2D eigenvalue weighted by molar-refractivity contribution is 6.00. The van der Waals surface area contributed by atoms with Crippen molar-refractivity contribution in [3.63, 3.8) is 0 Å². The molecule has 3 saturated carbocycles. The van der Waals surface area contributed by atoms with Crippen LogP contribution in [0.2, 0.25) is 0 Å². The van der Waals surface area contributed by atoms with Crippen molar-refractivity contribution in [1.82, 2.24) is 0 Å². The number of rotatable bonds is 5. The van der Waals surface area contributed by atoms with Gasteiger partial charge in [0.25, 0.3) is 0 Å². The summed E-state index contributed by atoms with van der Waals surface area (Å²) in [6, 6.07) is 0. The van der Waals surface area contributed by atoms with Gasteiger partial charge in [0.05, 0.1) is 11.7 Å². The summed E-state index contributed by atoms with van der Waals surface area (Å²) in [4.78, 5) is 13.4. The Labute approximate surface area is 183 Å². The molecule has 0 aromatic heterocycles. The largest absolute Gasteiger partial charge is 0.393 e.